The van der Waals surface area contributed by atoms with Crippen LogP contribution in [-0.2, 0) is 4.79 Å². The Labute approximate surface area is 102 Å². The van der Waals surface area contributed by atoms with Gasteiger partial charge in [-0.2, -0.15) is 0 Å². The molecular weight excluding hydrogens is 220 g/mol. The lowest BCUT2D eigenvalue weighted by molar-refractivity contribution is -0.137. The molecule has 98 valence electrons. The maximum atomic E-state index is 11.5. The van der Waals surface area contributed by atoms with E-state index in [1.54, 1.807) is 0 Å². The van der Waals surface area contributed by atoms with E-state index < -0.39 is 5.97 Å². The van der Waals surface area contributed by atoms with Gasteiger partial charge in [-0.25, -0.2) is 4.79 Å². The summed E-state index contributed by atoms with van der Waals surface area (Å²) in [7, 11) is 0. The van der Waals surface area contributed by atoms with Crippen LogP contribution in [0.2, 0.25) is 0 Å². The molecule has 1 saturated carbocycles. The van der Waals surface area contributed by atoms with Crippen molar-refractivity contribution in [2.24, 2.45) is 5.41 Å². The van der Waals surface area contributed by atoms with Gasteiger partial charge in [0.25, 0.3) is 0 Å². The molecule has 1 fully saturated rings. The second-order valence-corrected chi connectivity index (χ2v) is 5.32. The van der Waals surface area contributed by atoms with Crippen LogP contribution in [-0.4, -0.2) is 29.7 Å². The van der Waals surface area contributed by atoms with E-state index in [9.17, 15) is 9.59 Å². The lowest BCUT2D eigenvalue weighted by atomic mass is 9.70. The molecule has 0 bridgehead atoms. The molecule has 0 spiro atoms. The number of urea groups is 1. The fourth-order valence-corrected chi connectivity index (χ4v) is 1.94. The fourth-order valence-electron chi connectivity index (χ4n) is 1.94. The van der Waals surface area contributed by atoms with Crippen LogP contribution in [0.5, 0.6) is 0 Å². The Bertz CT molecular complexity index is 287. The monoisotopic (exact) mass is 242 g/mol. The minimum absolute atomic E-state index is 0.0825. The SMILES string of the molecule is CC(CCC(=O)O)NC(=O)NCC1(C)CCC1. The summed E-state index contributed by atoms with van der Waals surface area (Å²) in [5.74, 6) is -0.832. The van der Waals surface area contributed by atoms with Gasteiger partial charge in [0.1, 0.15) is 0 Å². The average molecular weight is 242 g/mol. The number of carboxylic acid groups (broad SMARTS) is 1. The molecule has 2 amide bonds. The summed E-state index contributed by atoms with van der Waals surface area (Å²) in [6.45, 7) is 4.68. The van der Waals surface area contributed by atoms with Gasteiger partial charge in [-0.15, -0.1) is 0 Å². The lowest BCUT2D eigenvalue weighted by Gasteiger charge is -2.38. The molecule has 0 heterocycles. The highest BCUT2D eigenvalue weighted by Crippen LogP contribution is 2.39. The van der Waals surface area contributed by atoms with Crippen LogP contribution in [0.25, 0.3) is 0 Å². The molecule has 1 aliphatic carbocycles. The van der Waals surface area contributed by atoms with Crippen LogP contribution < -0.4 is 10.6 Å². The molecule has 1 atom stereocenters. The van der Waals surface area contributed by atoms with Crippen LogP contribution in [0.1, 0.15) is 46.0 Å². The molecule has 1 rings (SSSR count). The summed E-state index contributed by atoms with van der Waals surface area (Å²) in [6, 6.07) is -0.309. The van der Waals surface area contributed by atoms with Gasteiger partial charge >= 0.3 is 12.0 Å². The fraction of sp³-hybridized carbons (Fsp3) is 0.833. The Morgan fingerprint density at radius 1 is 1.41 bits per heavy atom. The molecule has 1 aliphatic rings. The molecule has 5 nitrogen and oxygen atoms in total. The van der Waals surface area contributed by atoms with E-state index in [4.69, 9.17) is 5.11 Å². The van der Waals surface area contributed by atoms with Crippen molar-refractivity contribution in [1.82, 2.24) is 10.6 Å². The third-order valence-corrected chi connectivity index (χ3v) is 3.41. The van der Waals surface area contributed by atoms with Crippen LogP contribution in [0.3, 0.4) is 0 Å². The van der Waals surface area contributed by atoms with E-state index in [-0.39, 0.29) is 23.9 Å². The van der Waals surface area contributed by atoms with Crippen molar-refractivity contribution in [2.75, 3.05) is 6.54 Å². The number of hydrogen-bond acceptors (Lipinski definition) is 2. The maximum absolute atomic E-state index is 11.5. The number of rotatable bonds is 6. The first-order valence-corrected chi connectivity index (χ1v) is 6.17. The van der Waals surface area contributed by atoms with Crippen LogP contribution in [0.4, 0.5) is 4.79 Å². The van der Waals surface area contributed by atoms with Crippen molar-refractivity contribution < 1.29 is 14.7 Å². The van der Waals surface area contributed by atoms with E-state index in [1.807, 2.05) is 6.92 Å². The van der Waals surface area contributed by atoms with Gasteiger partial charge in [-0.1, -0.05) is 13.3 Å². The first kappa shape index (κ1) is 13.8. The van der Waals surface area contributed by atoms with E-state index in [0.717, 1.165) is 0 Å². The zero-order chi connectivity index (χ0) is 12.9. The second-order valence-electron chi connectivity index (χ2n) is 5.32. The summed E-state index contributed by atoms with van der Waals surface area (Å²) in [5.41, 5.74) is 0.266. The molecular formula is C12H22N2O3. The molecule has 5 heteroatoms. The molecule has 1 unspecified atom stereocenters. The Balaban J connectivity index is 2.13. The second kappa shape index (κ2) is 5.89. The quantitative estimate of drug-likeness (QED) is 0.663. The van der Waals surface area contributed by atoms with Crippen molar-refractivity contribution in [2.45, 2.75) is 52.0 Å². The molecule has 17 heavy (non-hydrogen) atoms. The highest BCUT2D eigenvalue weighted by molar-refractivity contribution is 5.74. The van der Waals surface area contributed by atoms with E-state index in [1.165, 1.54) is 19.3 Å². The third kappa shape index (κ3) is 5.06. The van der Waals surface area contributed by atoms with Gasteiger partial charge in [0, 0.05) is 19.0 Å². The van der Waals surface area contributed by atoms with Crippen LogP contribution >= 0.6 is 0 Å². The normalized spacial score (nSPS) is 18.9. The topological polar surface area (TPSA) is 78.4 Å². The number of hydrogen-bond donors (Lipinski definition) is 3. The molecule has 0 aromatic heterocycles. The van der Waals surface area contributed by atoms with Gasteiger partial charge in [0.15, 0.2) is 0 Å². The first-order chi connectivity index (χ1) is 7.91. The summed E-state index contributed by atoms with van der Waals surface area (Å²) in [4.78, 5) is 21.9. The molecule has 0 saturated heterocycles. The minimum Gasteiger partial charge on any atom is -0.481 e. The van der Waals surface area contributed by atoms with E-state index in [2.05, 4.69) is 17.6 Å². The third-order valence-electron chi connectivity index (χ3n) is 3.41. The van der Waals surface area contributed by atoms with Crippen molar-refractivity contribution in [3.63, 3.8) is 0 Å². The van der Waals surface area contributed by atoms with Crippen molar-refractivity contribution in [3.8, 4) is 0 Å². The Kier molecular flexibility index (Phi) is 4.78. The highest BCUT2D eigenvalue weighted by atomic mass is 16.4. The van der Waals surface area contributed by atoms with Gasteiger partial charge in [-0.3, -0.25) is 4.79 Å². The van der Waals surface area contributed by atoms with Gasteiger partial charge in [-0.05, 0) is 31.6 Å². The maximum Gasteiger partial charge on any atom is 0.315 e. The van der Waals surface area contributed by atoms with Crippen LogP contribution in [0.15, 0.2) is 0 Å². The van der Waals surface area contributed by atoms with E-state index in [0.29, 0.717) is 13.0 Å². The summed E-state index contributed by atoms with van der Waals surface area (Å²) in [5, 5.41) is 14.1. The predicted octanol–water partition coefficient (Wildman–Crippen LogP) is 1.73. The average Bonchev–Trinajstić information content (AvgIpc) is 2.21. The standard InChI is InChI=1S/C12H22N2O3/c1-9(4-5-10(15)16)14-11(17)13-8-12(2)6-3-7-12/h9H,3-8H2,1-2H3,(H,15,16)(H2,13,14,17). The Morgan fingerprint density at radius 3 is 2.53 bits per heavy atom. The number of nitrogens with one attached hydrogen (secondary N) is 2. The number of carbonyl (C=O) groups excluding carboxylic acids is 1. The van der Waals surface area contributed by atoms with Gasteiger partial charge in [0.2, 0.25) is 0 Å². The molecule has 3 N–H and O–H groups in total. The summed E-state index contributed by atoms with van der Waals surface area (Å²) >= 11 is 0. The van der Waals surface area contributed by atoms with Crippen molar-refractivity contribution in [3.05, 3.63) is 0 Å². The number of carboxylic acids is 1. The molecule has 0 aromatic rings. The number of aliphatic carboxylic acids is 1. The summed E-state index contributed by atoms with van der Waals surface area (Å²) in [6.07, 6.45) is 4.12. The highest BCUT2D eigenvalue weighted by Gasteiger charge is 2.31. The van der Waals surface area contributed by atoms with Crippen LogP contribution in [0, 0.1) is 5.41 Å². The minimum atomic E-state index is -0.832. The number of carbonyl (C=O) groups is 2. The number of amides is 2. The molecule has 0 aliphatic heterocycles. The molecule has 0 radical (unpaired) electrons. The first-order valence-electron chi connectivity index (χ1n) is 6.17. The zero-order valence-corrected chi connectivity index (χ0v) is 10.6. The van der Waals surface area contributed by atoms with Crippen molar-refractivity contribution >= 4 is 12.0 Å². The van der Waals surface area contributed by atoms with Crippen molar-refractivity contribution in [1.29, 1.82) is 0 Å². The zero-order valence-electron chi connectivity index (χ0n) is 10.6. The smallest absolute Gasteiger partial charge is 0.315 e. The Morgan fingerprint density at radius 2 is 2.06 bits per heavy atom. The summed E-state index contributed by atoms with van der Waals surface area (Å²) < 4.78 is 0. The van der Waals surface area contributed by atoms with Gasteiger partial charge < -0.3 is 15.7 Å². The lowest BCUT2D eigenvalue weighted by Crippen LogP contribution is -2.46. The van der Waals surface area contributed by atoms with E-state index >= 15 is 0 Å². The van der Waals surface area contributed by atoms with Gasteiger partial charge in [0.05, 0.1) is 0 Å². The predicted molar refractivity (Wildman–Crippen MR) is 64.8 cm³/mol. The Hall–Kier alpha value is -1.26. The largest absolute Gasteiger partial charge is 0.481 e. The molecule has 0 aromatic carbocycles.